The molecule has 4 nitrogen and oxygen atoms in total. The fourth-order valence-electron chi connectivity index (χ4n) is 3.96. The average molecular weight is 469 g/mol. The van der Waals surface area contributed by atoms with Crippen molar-refractivity contribution in [3.63, 3.8) is 0 Å². The lowest BCUT2D eigenvalue weighted by atomic mass is 10.2. The Balaban J connectivity index is 1.79. The molecule has 2 aromatic carbocycles. The molecule has 190 valence electrons. The monoisotopic (exact) mass is 468 g/mol. The fourth-order valence-corrected chi connectivity index (χ4v) is 3.96. The van der Waals surface area contributed by atoms with E-state index >= 15 is 0 Å². The van der Waals surface area contributed by atoms with Crippen LogP contribution in [0, 0.1) is 0 Å². The van der Waals surface area contributed by atoms with Crippen molar-refractivity contribution >= 4 is 11.4 Å². The Morgan fingerprint density at radius 2 is 0.765 bits per heavy atom. The zero-order valence-corrected chi connectivity index (χ0v) is 22.2. The number of unbranched alkanes of at least 4 members (excludes halogenated alkanes) is 4. The first-order valence-electron chi connectivity index (χ1n) is 13.7. The van der Waals surface area contributed by atoms with Crippen LogP contribution in [0.25, 0.3) is 0 Å². The van der Waals surface area contributed by atoms with E-state index in [4.69, 9.17) is 9.47 Å². The van der Waals surface area contributed by atoms with E-state index in [1.54, 1.807) is 0 Å². The van der Waals surface area contributed by atoms with Crippen LogP contribution in [0.1, 0.15) is 79.1 Å². The normalized spacial score (nSPS) is 10.8. The third-order valence-electron chi connectivity index (χ3n) is 6.15. The summed E-state index contributed by atoms with van der Waals surface area (Å²) in [5.41, 5.74) is 2.58. The Labute approximate surface area is 209 Å². The van der Waals surface area contributed by atoms with Gasteiger partial charge >= 0.3 is 0 Å². The molecule has 0 aliphatic heterocycles. The van der Waals surface area contributed by atoms with E-state index in [2.05, 4.69) is 86.0 Å². The van der Waals surface area contributed by atoms with E-state index in [0.29, 0.717) is 13.2 Å². The maximum absolute atomic E-state index is 5.92. The highest BCUT2D eigenvalue weighted by Gasteiger charge is 2.07. The van der Waals surface area contributed by atoms with Gasteiger partial charge in [-0.1, -0.05) is 53.4 Å². The van der Waals surface area contributed by atoms with Gasteiger partial charge in [0.05, 0.1) is 0 Å². The lowest BCUT2D eigenvalue weighted by Gasteiger charge is -2.25. The number of ether oxygens (including phenoxy) is 2. The van der Waals surface area contributed by atoms with Crippen LogP contribution in [-0.4, -0.2) is 39.4 Å². The van der Waals surface area contributed by atoms with Crippen molar-refractivity contribution in [2.24, 2.45) is 0 Å². The molecule has 0 aliphatic carbocycles. The Morgan fingerprint density at radius 1 is 0.471 bits per heavy atom. The number of nitrogens with zero attached hydrogens (tertiary/aromatic N) is 2. The number of anilines is 2. The largest absolute Gasteiger partial charge is 0.490 e. The molecule has 0 radical (unpaired) electrons. The Kier molecular flexibility index (Phi) is 14.0. The number of hydrogen-bond donors (Lipinski definition) is 0. The molecule has 0 heterocycles. The van der Waals surface area contributed by atoms with Crippen molar-refractivity contribution < 1.29 is 9.47 Å². The minimum Gasteiger partial charge on any atom is -0.490 e. The summed E-state index contributed by atoms with van der Waals surface area (Å²) in [6, 6.07) is 17.1. The zero-order chi connectivity index (χ0) is 24.4. The maximum Gasteiger partial charge on any atom is 0.122 e. The van der Waals surface area contributed by atoms with Gasteiger partial charge in [-0.25, -0.2) is 0 Å². The van der Waals surface area contributed by atoms with E-state index in [0.717, 1.165) is 37.7 Å². The van der Waals surface area contributed by atoms with E-state index in [1.807, 2.05) is 0 Å². The zero-order valence-electron chi connectivity index (χ0n) is 22.2. The van der Waals surface area contributed by atoms with Crippen molar-refractivity contribution in [1.82, 2.24) is 0 Å². The summed E-state index contributed by atoms with van der Waals surface area (Å²) < 4.78 is 11.8. The van der Waals surface area contributed by atoms with Crippen LogP contribution in [-0.2, 0) is 0 Å². The molecule has 0 aromatic heterocycles. The first kappa shape index (κ1) is 27.9. The van der Waals surface area contributed by atoms with Crippen molar-refractivity contribution in [1.29, 1.82) is 0 Å². The molecular weight excluding hydrogens is 420 g/mol. The fraction of sp³-hybridized carbons (Fsp3) is 0.600. The molecule has 0 fully saturated rings. The number of hydrogen-bond acceptors (Lipinski definition) is 4. The smallest absolute Gasteiger partial charge is 0.122 e. The van der Waals surface area contributed by atoms with Crippen LogP contribution in [0.2, 0.25) is 0 Å². The highest BCUT2D eigenvalue weighted by molar-refractivity contribution is 5.50. The quantitative estimate of drug-likeness (QED) is 0.195. The molecule has 4 heteroatoms. The van der Waals surface area contributed by atoms with Crippen LogP contribution in [0.4, 0.5) is 11.4 Å². The highest BCUT2D eigenvalue weighted by Crippen LogP contribution is 2.22. The summed E-state index contributed by atoms with van der Waals surface area (Å²) in [7, 11) is 0. The molecule has 0 amide bonds. The molecule has 34 heavy (non-hydrogen) atoms. The summed E-state index contributed by atoms with van der Waals surface area (Å²) in [4.78, 5) is 4.99. The number of rotatable bonds is 19. The van der Waals surface area contributed by atoms with Gasteiger partial charge in [-0.15, -0.1) is 0 Å². The number of benzene rings is 2. The van der Waals surface area contributed by atoms with Crippen LogP contribution in [0.15, 0.2) is 48.5 Å². The van der Waals surface area contributed by atoms with Crippen molar-refractivity contribution in [3.8, 4) is 11.5 Å². The molecule has 0 aliphatic rings. The minimum absolute atomic E-state index is 0.537. The lowest BCUT2D eigenvalue weighted by Crippen LogP contribution is -2.25. The Hall–Kier alpha value is -2.36. The van der Waals surface area contributed by atoms with E-state index in [-0.39, 0.29) is 0 Å². The van der Waals surface area contributed by atoms with Gasteiger partial charge in [0.25, 0.3) is 0 Å². The van der Waals surface area contributed by atoms with E-state index in [1.165, 1.54) is 62.7 Å². The van der Waals surface area contributed by atoms with Crippen molar-refractivity contribution in [2.45, 2.75) is 79.1 Å². The third kappa shape index (κ3) is 10.3. The van der Waals surface area contributed by atoms with Gasteiger partial charge < -0.3 is 19.3 Å². The summed E-state index contributed by atoms with van der Waals surface area (Å²) in [5, 5.41) is 0. The van der Waals surface area contributed by atoms with Gasteiger partial charge in [-0.2, -0.15) is 0 Å². The Morgan fingerprint density at radius 3 is 1.03 bits per heavy atom. The molecule has 0 bridgehead atoms. The average Bonchev–Trinajstić information content (AvgIpc) is 2.88. The van der Waals surface area contributed by atoms with Gasteiger partial charge in [0.2, 0.25) is 0 Å². The third-order valence-corrected chi connectivity index (χ3v) is 6.15. The van der Waals surface area contributed by atoms with Crippen LogP contribution in [0.5, 0.6) is 11.5 Å². The predicted molar refractivity (Wildman–Crippen MR) is 148 cm³/mol. The van der Waals surface area contributed by atoms with E-state index in [9.17, 15) is 0 Å². The predicted octanol–water partition coefficient (Wildman–Crippen LogP) is 7.96. The van der Waals surface area contributed by atoms with Gasteiger partial charge in [-0.05, 0) is 74.2 Å². The summed E-state index contributed by atoms with van der Waals surface area (Å²) in [5.74, 6) is 1.80. The molecule has 0 atom stereocenters. The van der Waals surface area contributed by atoms with Gasteiger partial charge in [-0.3, -0.25) is 0 Å². The standard InChI is InChI=1S/C30H48N2O2/c1-5-9-21-31(22-10-6-2)27-13-17-29(18-14-27)33-25-26-34-30-19-15-28(16-20-30)32(23-11-7-3)24-12-8-4/h13-20H,5-12,21-26H2,1-4H3. The topological polar surface area (TPSA) is 24.9 Å². The summed E-state index contributed by atoms with van der Waals surface area (Å²) in [6.45, 7) is 14.6. The minimum atomic E-state index is 0.537. The van der Waals surface area contributed by atoms with Crippen molar-refractivity contribution in [2.75, 3.05) is 49.2 Å². The van der Waals surface area contributed by atoms with E-state index < -0.39 is 0 Å². The SMILES string of the molecule is CCCCN(CCCC)c1ccc(OCCOc2ccc(N(CCCC)CCCC)cc2)cc1. The second-order valence-electron chi connectivity index (χ2n) is 9.07. The maximum atomic E-state index is 5.92. The van der Waals surface area contributed by atoms with Gasteiger partial charge in [0.15, 0.2) is 0 Å². The first-order chi connectivity index (χ1) is 16.7. The molecule has 2 rings (SSSR count). The van der Waals surface area contributed by atoms with Crippen LogP contribution < -0.4 is 19.3 Å². The molecule has 0 unspecified atom stereocenters. The second kappa shape index (κ2) is 17.1. The van der Waals surface area contributed by atoms with Gasteiger partial charge in [0, 0.05) is 37.6 Å². The first-order valence-corrected chi connectivity index (χ1v) is 13.7. The highest BCUT2D eigenvalue weighted by atomic mass is 16.5. The van der Waals surface area contributed by atoms with Crippen molar-refractivity contribution in [3.05, 3.63) is 48.5 Å². The summed E-state index contributed by atoms with van der Waals surface area (Å²) >= 11 is 0. The molecule has 0 spiro atoms. The second-order valence-corrected chi connectivity index (χ2v) is 9.07. The molecule has 2 aromatic rings. The van der Waals surface area contributed by atoms with Crippen LogP contribution >= 0.6 is 0 Å². The molecular formula is C30H48N2O2. The Bertz CT molecular complexity index is 664. The van der Waals surface area contributed by atoms with Crippen LogP contribution in [0.3, 0.4) is 0 Å². The molecule has 0 saturated heterocycles. The van der Waals surface area contributed by atoms with Gasteiger partial charge in [0.1, 0.15) is 24.7 Å². The summed E-state index contributed by atoms with van der Waals surface area (Å²) in [6.07, 6.45) is 9.83. The molecule has 0 N–H and O–H groups in total. The lowest BCUT2D eigenvalue weighted by molar-refractivity contribution is 0.217. The molecule has 0 saturated carbocycles.